The van der Waals surface area contributed by atoms with Gasteiger partial charge in [0, 0.05) is 6.42 Å². The van der Waals surface area contributed by atoms with Crippen molar-refractivity contribution in [3.8, 4) is 0 Å². The van der Waals surface area contributed by atoms with Gasteiger partial charge in [-0.1, -0.05) is 59.1 Å². The van der Waals surface area contributed by atoms with Crippen LogP contribution in [-0.4, -0.2) is 19.6 Å². The zero-order valence-electron chi connectivity index (χ0n) is 15.6. The third-order valence-electron chi connectivity index (χ3n) is 3.27. The lowest BCUT2D eigenvalue weighted by atomic mass is 9.93. The SMILES string of the molecule is CC/C=C/CCCCCCCC(=O)OCCC(C)(C)C.CN. The molecule has 0 spiro atoms. The van der Waals surface area contributed by atoms with Crippen molar-refractivity contribution < 1.29 is 9.53 Å². The summed E-state index contributed by atoms with van der Waals surface area (Å²) < 4.78 is 5.24. The van der Waals surface area contributed by atoms with Gasteiger partial charge in [-0.25, -0.2) is 0 Å². The first kappa shape index (κ1) is 23.4. The molecule has 2 N–H and O–H groups in total. The van der Waals surface area contributed by atoms with Gasteiger partial charge in [0.25, 0.3) is 0 Å². The van der Waals surface area contributed by atoms with Gasteiger partial charge in [0.2, 0.25) is 0 Å². The monoisotopic (exact) mass is 313 g/mol. The lowest BCUT2D eigenvalue weighted by Gasteiger charge is -2.17. The summed E-state index contributed by atoms with van der Waals surface area (Å²) in [6.07, 6.45) is 14.2. The van der Waals surface area contributed by atoms with E-state index in [2.05, 4.69) is 45.6 Å². The predicted molar refractivity (Wildman–Crippen MR) is 96.9 cm³/mol. The molecule has 0 aliphatic carbocycles. The minimum Gasteiger partial charge on any atom is -0.466 e. The molecule has 132 valence electrons. The van der Waals surface area contributed by atoms with E-state index >= 15 is 0 Å². The molecule has 0 aromatic carbocycles. The Bertz CT molecular complexity index is 267. The summed E-state index contributed by atoms with van der Waals surface area (Å²) in [4.78, 5) is 11.5. The quantitative estimate of drug-likeness (QED) is 0.322. The highest BCUT2D eigenvalue weighted by molar-refractivity contribution is 5.69. The van der Waals surface area contributed by atoms with Crippen LogP contribution in [0.1, 0.15) is 85.5 Å². The van der Waals surface area contributed by atoms with Gasteiger partial charge in [0.15, 0.2) is 0 Å². The fraction of sp³-hybridized carbons (Fsp3) is 0.842. The number of esters is 1. The number of carbonyl (C=O) groups excluding carboxylic acids is 1. The number of allylic oxidation sites excluding steroid dienone is 2. The molecule has 0 aromatic heterocycles. The molecule has 0 heterocycles. The molecular formula is C19H39NO2. The molecule has 3 nitrogen and oxygen atoms in total. The van der Waals surface area contributed by atoms with Gasteiger partial charge < -0.3 is 10.5 Å². The number of hydrogen-bond acceptors (Lipinski definition) is 3. The van der Waals surface area contributed by atoms with Crippen LogP contribution >= 0.6 is 0 Å². The molecule has 0 unspecified atom stereocenters. The van der Waals surface area contributed by atoms with E-state index in [0.29, 0.717) is 13.0 Å². The predicted octanol–water partition coefficient (Wildman–Crippen LogP) is 5.24. The molecule has 0 aromatic rings. The molecule has 0 rings (SSSR count). The topological polar surface area (TPSA) is 52.3 Å². The van der Waals surface area contributed by atoms with Crippen LogP contribution in [0.5, 0.6) is 0 Å². The Labute approximate surface area is 138 Å². The van der Waals surface area contributed by atoms with Gasteiger partial charge in [-0.05, 0) is 44.6 Å². The molecule has 0 aliphatic heterocycles. The summed E-state index contributed by atoms with van der Waals surface area (Å²) in [5, 5.41) is 0. The normalized spacial score (nSPS) is 11.2. The van der Waals surface area contributed by atoms with Crippen molar-refractivity contribution in [2.24, 2.45) is 11.1 Å². The molecule has 0 fully saturated rings. The number of carbonyl (C=O) groups is 1. The van der Waals surface area contributed by atoms with Gasteiger partial charge in [-0.2, -0.15) is 0 Å². The van der Waals surface area contributed by atoms with Crippen LogP contribution in [0.2, 0.25) is 0 Å². The summed E-state index contributed by atoms with van der Waals surface area (Å²) in [6, 6.07) is 0. The number of ether oxygens (including phenoxy) is 1. The molecule has 0 bridgehead atoms. The van der Waals surface area contributed by atoms with Gasteiger partial charge in [-0.3, -0.25) is 4.79 Å². The smallest absolute Gasteiger partial charge is 0.305 e. The number of nitrogens with two attached hydrogens (primary N) is 1. The number of unbranched alkanes of at least 4 members (excludes halogenated alkanes) is 5. The summed E-state index contributed by atoms with van der Waals surface area (Å²) in [5.74, 6) is -0.0277. The van der Waals surface area contributed by atoms with Crippen molar-refractivity contribution in [2.75, 3.05) is 13.7 Å². The van der Waals surface area contributed by atoms with Crippen LogP contribution in [-0.2, 0) is 9.53 Å². The maximum Gasteiger partial charge on any atom is 0.305 e. The summed E-state index contributed by atoms with van der Waals surface area (Å²) in [7, 11) is 1.50. The maximum absolute atomic E-state index is 11.5. The van der Waals surface area contributed by atoms with Gasteiger partial charge >= 0.3 is 5.97 Å². The Kier molecular flexibility index (Phi) is 17.6. The zero-order chi connectivity index (χ0) is 17.3. The van der Waals surface area contributed by atoms with Crippen LogP contribution in [0.15, 0.2) is 12.2 Å². The Hall–Kier alpha value is -0.830. The van der Waals surface area contributed by atoms with E-state index in [4.69, 9.17) is 4.74 Å². The lowest BCUT2D eigenvalue weighted by molar-refractivity contribution is -0.144. The van der Waals surface area contributed by atoms with Crippen molar-refractivity contribution in [1.82, 2.24) is 0 Å². The summed E-state index contributed by atoms with van der Waals surface area (Å²) >= 11 is 0. The Morgan fingerprint density at radius 1 is 1.00 bits per heavy atom. The highest BCUT2D eigenvalue weighted by Crippen LogP contribution is 2.18. The fourth-order valence-corrected chi connectivity index (χ4v) is 1.89. The van der Waals surface area contributed by atoms with Crippen LogP contribution in [0.4, 0.5) is 0 Å². The van der Waals surface area contributed by atoms with Crippen molar-refractivity contribution in [3.63, 3.8) is 0 Å². The first-order valence-electron chi connectivity index (χ1n) is 8.84. The second-order valence-corrected chi connectivity index (χ2v) is 6.72. The average molecular weight is 314 g/mol. The van der Waals surface area contributed by atoms with E-state index in [1.54, 1.807) is 0 Å². The third kappa shape index (κ3) is 21.5. The first-order valence-corrected chi connectivity index (χ1v) is 8.84. The molecule has 22 heavy (non-hydrogen) atoms. The van der Waals surface area contributed by atoms with Crippen LogP contribution in [0.25, 0.3) is 0 Å². The highest BCUT2D eigenvalue weighted by atomic mass is 16.5. The molecular weight excluding hydrogens is 274 g/mol. The van der Waals surface area contributed by atoms with Crippen LogP contribution in [0.3, 0.4) is 0 Å². The first-order chi connectivity index (χ1) is 10.5. The standard InChI is InChI=1S/C18H34O2.CH5N/c1-5-6-7-8-9-10-11-12-13-14-17(19)20-16-15-18(2,3)4;1-2/h6-7H,5,8-16H2,1-4H3;2H2,1H3/b7-6+;. The molecule has 0 radical (unpaired) electrons. The minimum atomic E-state index is -0.0277. The van der Waals surface area contributed by atoms with Crippen LogP contribution < -0.4 is 5.73 Å². The molecule has 0 amide bonds. The number of hydrogen-bond donors (Lipinski definition) is 1. The highest BCUT2D eigenvalue weighted by Gasteiger charge is 2.11. The Morgan fingerprint density at radius 3 is 2.18 bits per heavy atom. The van der Waals surface area contributed by atoms with E-state index < -0.39 is 0 Å². The molecule has 0 atom stereocenters. The van der Waals surface area contributed by atoms with E-state index in [1.807, 2.05) is 0 Å². The summed E-state index contributed by atoms with van der Waals surface area (Å²) in [6.45, 7) is 9.22. The second kappa shape index (κ2) is 16.5. The fourth-order valence-electron chi connectivity index (χ4n) is 1.89. The summed E-state index contributed by atoms with van der Waals surface area (Å²) in [5.41, 5.74) is 4.74. The zero-order valence-corrected chi connectivity index (χ0v) is 15.6. The van der Waals surface area contributed by atoms with E-state index in [9.17, 15) is 4.79 Å². The molecule has 0 saturated carbocycles. The van der Waals surface area contributed by atoms with Gasteiger partial charge in [0.05, 0.1) is 6.61 Å². The van der Waals surface area contributed by atoms with E-state index in [0.717, 1.165) is 25.7 Å². The maximum atomic E-state index is 11.5. The Morgan fingerprint density at radius 2 is 1.59 bits per heavy atom. The van der Waals surface area contributed by atoms with Gasteiger partial charge in [-0.15, -0.1) is 0 Å². The largest absolute Gasteiger partial charge is 0.466 e. The van der Waals surface area contributed by atoms with Crippen molar-refractivity contribution in [2.45, 2.75) is 85.5 Å². The lowest BCUT2D eigenvalue weighted by Crippen LogP contribution is -2.12. The van der Waals surface area contributed by atoms with Crippen molar-refractivity contribution >= 4 is 5.97 Å². The molecule has 3 heteroatoms. The van der Waals surface area contributed by atoms with Crippen LogP contribution in [0, 0.1) is 5.41 Å². The number of rotatable bonds is 11. The van der Waals surface area contributed by atoms with Crippen molar-refractivity contribution in [1.29, 1.82) is 0 Å². The third-order valence-corrected chi connectivity index (χ3v) is 3.27. The second-order valence-electron chi connectivity index (χ2n) is 6.72. The Balaban J connectivity index is 0. The van der Waals surface area contributed by atoms with Gasteiger partial charge in [0.1, 0.15) is 0 Å². The average Bonchev–Trinajstić information content (AvgIpc) is 2.46. The van der Waals surface area contributed by atoms with E-state index in [1.165, 1.54) is 32.7 Å². The van der Waals surface area contributed by atoms with E-state index in [-0.39, 0.29) is 11.4 Å². The molecule has 0 saturated heterocycles. The molecule has 0 aliphatic rings. The minimum absolute atomic E-state index is 0.0277. The van der Waals surface area contributed by atoms with Crippen molar-refractivity contribution in [3.05, 3.63) is 12.2 Å².